The zero-order valence-corrected chi connectivity index (χ0v) is 16.2. The number of pyridine rings is 1. The molecule has 0 fully saturated rings. The molecule has 1 aliphatic heterocycles. The van der Waals surface area contributed by atoms with Crippen molar-refractivity contribution >= 4 is 28.8 Å². The van der Waals surface area contributed by atoms with Crippen LogP contribution in [0.3, 0.4) is 0 Å². The lowest BCUT2D eigenvalue weighted by atomic mass is 9.77. The maximum absolute atomic E-state index is 13.2. The van der Waals surface area contributed by atoms with Crippen molar-refractivity contribution in [1.82, 2.24) is 10.3 Å². The number of carbonyl (C=O) groups excluding carboxylic acids is 2. The first-order chi connectivity index (χ1) is 13.1. The molecule has 2 aromatic heterocycles. The van der Waals surface area contributed by atoms with E-state index in [1.54, 1.807) is 29.7 Å². The van der Waals surface area contributed by atoms with Crippen molar-refractivity contribution in [2.24, 2.45) is 0 Å². The van der Waals surface area contributed by atoms with E-state index in [9.17, 15) is 9.59 Å². The third-order valence-corrected chi connectivity index (χ3v) is 6.17. The number of thiophene rings is 1. The van der Waals surface area contributed by atoms with Gasteiger partial charge in [-0.3, -0.25) is 9.59 Å². The fraction of sp³-hybridized carbons (Fsp3) is 0.286. The summed E-state index contributed by atoms with van der Waals surface area (Å²) < 4.78 is 0. The van der Waals surface area contributed by atoms with Crippen molar-refractivity contribution < 1.29 is 9.59 Å². The van der Waals surface area contributed by atoms with Gasteiger partial charge in [-0.2, -0.15) is 0 Å². The Morgan fingerprint density at radius 1 is 1.26 bits per heavy atom. The number of dihydropyridines is 1. The highest BCUT2D eigenvalue weighted by Crippen LogP contribution is 2.44. The van der Waals surface area contributed by atoms with Crippen molar-refractivity contribution in [3.05, 3.63) is 68.8 Å². The maximum Gasteiger partial charge on any atom is 0.255 e. The molecule has 2 aliphatic rings. The number of hydrogen-bond donors (Lipinski definition) is 2. The summed E-state index contributed by atoms with van der Waals surface area (Å²) in [5, 5.41) is 8.24. The third-order valence-electron chi connectivity index (χ3n) is 5.09. The fourth-order valence-corrected chi connectivity index (χ4v) is 4.89. The number of rotatable bonds is 3. The van der Waals surface area contributed by atoms with Crippen molar-refractivity contribution in [2.75, 3.05) is 5.32 Å². The lowest BCUT2D eigenvalue weighted by molar-refractivity contribution is -0.116. The van der Waals surface area contributed by atoms with Gasteiger partial charge in [0.15, 0.2) is 5.78 Å². The quantitative estimate of drug-likeness (QED) is 0.844. The zero-order valence-electron chi connectivity index (χ0n) is 15.3. The normalized spacial score (nSPS) is 19.6. The van der Waals surface area contributed by atoms with Gasteiger partial charge in [0.05, 0.1) is 5.92 Å². The number of carbonyl (C=O) groups is 2. The molecule has 1 aliphatic carbocycles. The minimum Gasteiger partial charge on any atom is -0.362 e. The number of amides is 1. The number of hydrogen-bond acceptors (Lipinski definition) is 5. The number of aryl methyl sites for hydroxylation is 1. The highest BCUT2D eigenvalue weighted by Gasteiger charge is 2.39. The maximum atomic E-state index is 13.2. The van der Waals surface area contributed by atoms with Crippen LogP contribution in [0.2, 0.25) is 0 Å². The molecule has 1 atom stereocenters. The van der Waals surface area contributed by atoms with Gasteiger partial charge < -0.3 is 10.6 Å². The first kappa shape index (κ1) is 17.7. The van der Waals surface area contributed by atoms with Crippen LogP contribution in [0.25, 0.3) is 0 Å². The first-order valence-corrected chi connectivity index (χ1v) is 9.94. The summed E-state index contributed by atoms with van der Waals surface area (Å²) in [7, 11) is 0. The van der Waals surface area contributed by atoms with Gasteiger partial charge in [-0.05, 0) is 55.8 Å². The predicted octanol–water partition coefficient (Wildman–Crippen LogP) is 4.06. The summed E-state index contributed by atoms with van der Waals surface area (Å²) in [6.07, 6.45) is 3.87. The van der Waals surface area contributed by atoms with Crippen molar-refractivity contribution in [2.45, 2.75) is 39.0 Å². The van der Waals surface area contributed by atoms with E-state index >= 15 is 0 Å². The average molecular weight is 379 g/mol. The molecule has 1 unspecified atom stereocenters. The Hall–Kier alpha value is -2.73. The van der Waals surface area contributed by atoms with Crippen LogP contribution in [-0.4, -0.2) is 16.7 Å². The molecule has 4 rings (SSSR count). The van der Waals surface area contributed by atoms with E-state index in [-0.39, 0.29) is 17.6 Å². The monoisotopic (exact) mass is 379 g/mol. The summed E-state index contributed by atoms with van der Waals surface area (Å²) in [5.41, 5.74) is 4.22. The molecular weight excluding hydrogens is 358 g/mol. The van der Waals surface area contributed by atoms with Gasteiger partial charge in [0.1, 0.15) is 5.82 Å². The number of nitrogens with one attached hydrogen (secondary N) is 2. The highest BCUT2D eigenvalue weighted by atomic mass is 32.1. The average Bonchev–Trinajstić information content (AvgIpc) is 3.07. The van der Waals surface area contributed by atoms with Gasteiger partial charge in [-0.25, -0.2) is 4.98 Å². The Balaban J connectivity index is 1.80. The van der Waals surface area contributed by atoms with Crippen LogP contribution in [0.4, 0.5) is 5.82 Å². The summed E-state index contributed by atoms with van der Waals surface area (Å²) >= 11 is 1.60. The van der Waals surface area contributed by atoms with E-state index in [1.807, 2.05) is 31.4 Å². The van der Waals surface area contributed by atoms with Gasteiger partial charge in [0.25, 0.3) is 5.91 Å². The molecule has 2 aromatic rings. The van der Waals surface area contributed by atoms with Crippen LogP contribution in [0, 0.1) is 6.92 Å². The van der Waals surface area contributed by atoms with Crippen LogP contribution in [0.5, 0.6) is 0 Å². The van der Waals surface area contributed by atoms with Gasteiger partial charge in [-0.1, -0.05) is 6.07 Å². The summed E-state index contributed by atoms with van der Waals surface area (Å²) in [5.74, 6) is 0.0931. The molecular formula is C21H21N3O2S. The van der Waals surface area contributed by atoms with Gasteiger partial charge in [-0.15, -0.1) is 11.3 Å². The number of nitrogens with zero attached hydrogens (tertiary/aromatic N) is 1. The molecule has 138 valence electrons. The third kappa shape index (κ3) is 3.21. The molecule has 0 saturated carbocycles. The van der Waals surface area contributed by atoms with E-state index in [1.165, 1.54) is 0 Å². The first-order valence-electron chi connectivity index (χ1n) is 9.06. The molecule has 0 saturated heterocycles. The second-order valence-corrected chi connectivity index (χ2v) is 7.85. The Kier molecular flexibility index (Phi) is 4.66. The Morgan fingerprint density at radius 2 is 2.11 bits per heavy atom. The molecule has 3 heterocycles. The van der Waals surface area contributed by atoms with Crippen LogP contribution >= 0.6 is 11.3 Å². The lowest BCUT2D eigenvalue weighted by Crippen LogP contribution is -2.35. The van der Waals surface area contributed by atoms with Crippen LogP contribution in [-0.2, 0) is 9.59 Å². The Labute approximate surface area is 162 Å². The zero-order chi connectivity index (χ0) is 19.0. The molecule has 5 nitrogen and oxygen atoms in total. The van der Waals surface area contributed by atoms with E-state index in [0.29, 0.717) is 17.8 Å². The number of Topliss-reactive ketones (excluding diaryl/α,β-unsaturated/α-hetero) is 1. The summed E-state index contributed by atoms with van der Waals surface area (Å²) in [4.78, 5) is 31.3. The van der Waals surface area contributed by atoms with Gasteiger partial charge >= 0.3 is 0 Å². The number of aromatic nitrogens is 1. The highest BCUT2D eigenvalue weighted by molar-refractivity contribution is 7.10. The second-order valence-electron chi connectivity index (χ2n) is 6.90. The molecule has 0 bridgehead atoms. The van der Waals surface area contributed by atoms with E-state index < -0.39 is 0 Å². The minimum absolute atomic E-state index is 0.136. The Bertz CT molecular complexity index is 972. The largest absolute Gasteiger partial charge is 0.362 e. The minimum atomic E-state index is -0.322. The molecule has 0 spiro atoms. The summed E-state index contributed by atoms with van der Waals surface area (Å²) in [6, 6.07) is 7.43. The number of allylic oxidation sites excluding steroid dienone is 3. The second kappa shape index (κ2) is 7.12. The number of ketones is 1. The molecule has 0 radical (unpaired) electrons. The molecule has 0 aromatic carbocycles. The number of anilines is 1. The topological polar surface area (TPSA) is 71.1 Å². The van der Waals surface area contributed by atoms with Gasteiger partial charge in [0.2, 0.25) is 0 Å². The van der Waals surface area contributed by atoms with E-state index in [0.717, 1.165) is 40.2 Å². The van der Waals surface area contributed by atoms with Crippen molar-refractivity contribution in [3.8, 4) is 0 Å². The van der Waals surface area contributed by atoms with Crippen LogP contribution in [0.15, 0.2) is 58.4 Å². The standard InChI is InChI=1S/C21H21N3O2S/c1-12-9-11-27-20(12)19-17(21(26)24-16-8-3-4-10-22-16)13(2)23-14-6-5-7-15(25)18(14)19/h3-4,8-11,19,23H,5-7H2,1-2H3,(H,22,24,26). The summed E-state index contributed by atoms with van der Waals surface area (Å²) in [6.45, 7) is 3.94. The van der Waals surface area contributed by atoms with Crippen LogP contribution in [0.1, 0.15) is 42.5 Å². The van der Waals surface area contributed by atoms with Crippen molar-refractivity contribution in [3.63, 3.8) is 0 Å². The van der Waals surface area contributed by atoms with Crippen LogP contribution < -0.4 is 10.6 Å². The van der Waals surface area contributed by atoms with E-state index in [4.69, 9.17) is 0 Å². The van der Waals surface area contributed by atoms with Gasteiger partial charge in [0, 0.05) is 40.0 Å². The SMILES string of the molecule is CC1=C(C(=O)Nc2ccccn2)C(c2sccc2C)C2=C(CCCC2=O)N1. The molecule has 27 heavy (non-hydrogen) atoms. The molecule has 2 N–H and O–H groups in total. The van der Waals surface area contributed by atoms with E-state index in [2.05, 4.69) is 15.6 Å². The Morgan fingerprint density at radius 3 is 2.81 bits per heavy atom. The fourth-order valence-electron chi connectivity index (χ4n) is 3.85. The lowest BCUT2D eigenvalue weighted by Gasteiger charge is -2.34. The van der Waals surface area contributed by atoms with Crippen molar-refractivity contribution in [1.29, 1.82) is 0 Å². The predicted molar refractivity (Wildman–Crippen MR) is 106 cm³/mol. The smallest absolute Gasteiger partial charge is 0.255 e. The molecule has 6 heteroatoms. The molecule has 1 amide bonds.